The highest BCUT2D eigenvalue weighted by molar-refractivity contribution is 5.94. The summed E-state index contributed by atoms with van der Waals surface area (Å²) >= 11 is 0. The van der Waals surface area contributed by atoms with Crippen molar-refractivity contribution in [3.05, 3.63) is 48.0 Å². The van der Waals surface area contributed by atoms with Gasteiger partial charge in [-0.25, -0.2) is 0 Å². The van der Waals surface area contributed by atoms with Gasteiger partial charge in [-0.3, -0.25) is 4.79 Å². The van der Waals surface area contributed by atoms with Crippen molar-refractivity contribution in [3.63, 3.8) is 0 Å². The van der Waals surface area contributed by atoms with Crippen LogP contribution in [-0.2, 0) is 11.2 Å². The Morgan fingerprint density at radius 3 is 2.55 bits per heavy atom. The number of aromatic hydroxyl groups is 1. The number of hydrogen-bond donors (Lipinski definition) is 2. The van der Waals surface area contributed by atoms with E-state index in [1.165, 1.54) is 5.56 Å². The number of amides is 1. The zero-order valence-corrected chi connectivity index (χ0v) is 11.3. The van der Waals surface area contributed by atoms with Crippen molar-refractivity contribution in [2.45, 2.75) is 13.3 Å². The van der Waals surface area contributed by atoms with Gasteiger partial charge in [-0.1, -0.05) is 0 Å². The lowest BCUT2D eigenvalue weighted by atomic mass is 10.1. The van der Waals surface area contributed by atoms with Crippen LogP contribution in [0.5, 0.6) is 5.75 Å². The summed E-state index contributed by atoms with van der Waals surface area (Å²) in [4.78, 5) is 13.3. The Bertz CT molecular complexity index is 650. The number of phenols is 1. The van der Waals surface area contributed by atoms with Gasteiger partial charge in [0, 0.05) is 30.5 Å². The first-order valence-electron chi connectivity index (χ1n) is 6.60. The van der Waals surface area contributed by atoms with E-state index in [9.17, 15) is 9.90 Å². The molecular formula is C16H16N2O2. The summed E-state index contributed by atoms with van der Waals surface area (Å²) in [6, 6.07) is 13.0. The van der Waals surface area contributed by atoms with E-state index in [0.29, 0.717) is 0 Å². The van der Waals surface area contributed by atoms with Crippen LogP contribution in [0.15, 0.2) is 42.5 Å². The van der Waals surface area contributed by atoms with Crippen molar-refractivity contribution in [3.8, 4) is 5.75 Å². The molecule has 0 aromatic heterocycles. The number of hydrogen-bond acceptors (Lipinski definition) is 3. The molecule has 1 aliphatic rings. The number of nitrogens with one attached hydrogen (secondary N) is 1. The molecule has 20 heavy (non-hydrogen) atoms. The largest absolute Gasteiger partial charge is 0.508 e. The number of benzene rings is 2. The summed E-state index contributed by atoms with van der Waals surface area (Å²) in [5.74, 6) is 0.338. The second-order valence-corrected chi connectivity index (χ2v) is 4.94. The maximum Gasteiger partial charge on any atom is 0.223 e. The molecule has 1 amide bonds. The van der Waals surface area contributed by atoms with Gasteiger partial charge in [0.1, 0.15) is 5.75 Å². The maximum absolute atomic E-state index is 11.5. The summed E-state index contributed by atoms with van der Waals surface area (Å²) in [6.45, 7) is 2.35. The first-order valence-corrected chi connectivity index (χ1v) is 6.60. The molecule has 2 aromatic rings. The van der Waals surface area contributed by atoms with E-state index in [-0.39, 0.29) is 11.7 Å². The number of carbonyl (C=O) groups excluding carboxylic acids is 1. The molecule has 1 aliphatic heterocycles. The number of fused-ring (bicyclic) bond motifs is 1. The highest BCUT2D eigenvalue weighted by atomic mass is 16.3. The van der Waals surface area contributed by atoms with Gasteiger partial charge in [-0.2, -0.15) is 0 Å². The molecule has 4 nitrogen and oxygen atoms in total. The smallest absolute Gasteiger partial charge is 0.223 e. The molecule has 4 heteroatoms. The van der Waals surface area contributed by atoms with E-state index in [1.54, 1.807) is 24.0 Å². The average Bonchev–Trinajstić information content (AvgIpc) is 2.84. The fourth-order valence-electron chi connectivity index (χ4n) is 2.52. The van der Waals surface area contributed by atoms with Gasteiger partial charge in [0.05, 0.1) is 0 Å². The van der Waals surface area contributed by atoms with Crippen LogP contribution in [0.1, 0.15) is 12.5 Å². The molecule has 0 aliphatic carbocycles. The molecule has 2 aromatic carbocycles. The SMILES string of the molecule is CC(=O)N1CCc2cc(Nc3ccc(O)cc3)ccc21. The first kappa shape index (κ1) is 12.5. The monoisotopic (exact) mass is 268 g/mol. The Hall–Kier alpha value is -2.49. The van der Waals surface area contributed by atoms with E-state index < -0.39 is 0 Å². The zero-order valence-electron chi connectivity index (χ0n) is 11.3. The lowest BCUT2D eigenvalue weighted by Gasteiger charge is -2.15. The van der Waals surface area contributed by atoms with Crippen LogP contribution in [0.3, 0.4) is 0 Å². The van der Waals surface area contributed by atoms with E-state index in [2.05, 4.69) is 11.4 Å². The highest BCUT2D eigenvalue weighted by Gasteiger charge is 2.21. The van der Waals surface area contributed by atoms with Crippen molar-refractivity contribution in [1.29, 1.82) is 0 Å². The third kappa shape index (κ3) is 2.32. The quantitative estimate of drug-likeness (QED) is 0.823. The van der Waals surface area contributed by atoms with Crippen LogP contribution < -0.4 is 10.2 Å². The molecule has 102 valence electrons. The molecule has 0 radical (unpaired) electrons. The first-order chi connectivity index (χ1) is 9.63. The van der Waals surface area contributed by atoms with Crippen LogP contribution in [0.2, 0.25) is 0 Å². The number of nitrogens with zero attached hydrogens (tertiary/aromatic N) is 1. The number of carbonyl (C=O) groups is 1. The number of phenolic OH excluding ortho intramolecular Hbond substituents is 1. The van der Waals surface area contributed by atoms with Crippen molar-refractivity contribution < 1.29 is 9.90 Å². The summed E-state index contributed by atoms with van der Waals surface area (Å²) in [6.07, 6.45) is 0.889. The fraction of sp³-hybridized carbons (Fsp3) is 0.188. The molecule has 0 atom stereocenters. The van der Waals surface area contributed by atoms with Crippen LogP contribution >= 0.6 is 0 Å². The minimum Gasteiger partial charge on any atom is -0.508 e. The third-order valence-electron chi connectivity index (χ3n) is 3.51. The van der Waals surface area contributed by atoms with Gasteiger partial charge in [0.25, 0.3) is 0 Å². The Kier molecular flexibility index (Phi) is 3.06. The predicted octanol–water partition coefficient (Wildman–Crippen LogP) is 3.04. The van der Waals surface area contributed by atoms with Gasteiger partial charge >= 0.3 is 0 Å². The van der Waals surface area contributed by atoms with Gasteiger partial charge < -0.3 is 15.3 Å². The van der Waals surface area contributed by atoms with Crippen molar-refractivity contribution >= 4 is 23.0 Å². The molecular weight excluding hydrogens is 252 g/mol. The number of anilines is 3. The Balaban J connectivity index is 1.83. The second-order valence-electron chi connectivity index (χ2n) is 4.94. The lowest BCUT2D eigenvalue weighted by Crippen LogP contribution is -2.25. The molecule has 3 rings (SSSR count). The van der Waals surface area contributed by atoms with E-state index in [1.807, 2.05) is 24.3 Å². The van der Waals surface area contributed by atoms with Crippen LogP contribution in [-0.4, -0.2) is 17.6 Å². The van der Waals surface area contributed by atoms with Crippen molar-refractivity contribution in [1.82, 2.24) is 0 Å². The lowest BCUT2D eigenvalue weighted by molar-refractivity contribution is -0.116. The highest BCUT2D eigenvalue weighted by Crippen LogP contribution is 2.31. The van der Waals surface area contributed by atoms with E-state index >= 15 is 0 Å². The molecule has 0 saturated heterocycles. The summed E-state index contributed by atoms with van der Waals surface area (Å²) in [7, 11) is 0. The Morgan fingerprint density at radius 2 is 1.85 bits per heavy atom. The number of rotatable bonds is 2. The maximum atomic E-state index is 11.5. The second kappa shape index (κ2) is 4.89. The normalized spacial score (nSPS) is 13.2. The third-order valence-corrected chi connectivity index (χ3v) is 3.51. The summed E-state index contributed by atoms with van der Waals surface area (Å²) in [5, 5.41) is 12.6. The minimum atomic E-state index is 0.0861. The molecule has 0 bridgehead atoms. The fourth-order valence-corrected chi connectivity index (χ4v) is 2.52. The van der Waals surface area contributed by atoms with Crippen LogP contribution in [0.25, 0.3) is 0 Å². The predicted molar refractivity (Wildman–Crippen MR) is 79.6 cm³/mol. The van der Waals surface area contributed by atoms with Gasteiger partial charge in [-0.15, -0.1) is 0 Å². The topological polar surface area (TPSA) is 52.6 Å². The molecule has 0 spiro atoms. The van der Waals surface area contributed by atoms with Gasteiger partial charge in [0.2, 0.25) is 5.91 Å². The standard InChI is InChI=1S/C16H16N2O2/c1-11(19)18-9-8-12-10-14(4-7-16(12)18)17-13-2-5-15(20)6-3-13/h2-7,10,17,20H,8-9H2,1H3. The zero-order chi connectivity index (χ0) is 14.1. The van der Waals surface area contributed by atoms with Gasteiger partial charge in [0.15, 0.2) is 0 Å². The summed E-state index contributed by atoms with van der Waals surface area (Å²) < 4.78 is 0. The summed E-state index contributed by atoms with van der Waals surface area (Å²) in [5.41, 5.74) is 4.10. The van der Waals surface area contributed by atoms with Gasteiger partial charge in [-0.05, 0) is 54.4 Å². The molecule has 2 N–H and O–H groups in total. The minimum absolute atomic E-state index is 0.0861. The van der Waals surface area contributed by atoms with E-state index in [0.717, 1.165) is 30.0 Å². The van der Waals surface area contributed by atoms with Crippen LogP contribution in [0.4, 0.5) is 17.1 Å². The Labute approximate surface area is 117 Å². The molecule has 0 fully saturated rings. The molecule has 0 saturated carbocycles. The molecule has 1 heterocycles. The molecule has 0 unspecified atom stereocenters. The average molecular weight is 268 g/mol. The van der Waals surface area contributed by atoms with Crippen molar-refractivity contribution in [2.24, 2.45) is 0 Å². The van der Waals surface area contributed by atoms with E-state index in [4.69, 9.17) is 0 Å². The Morgan fingerprint density at radius 1 is 1.15 bits per heavy atom. The van der Waals surface area contributed by atoms with Crippen LogP contribution in [0, 0.1) is 0 Å². The van der Waals surface area contributed by atoms with Crippen molar-refractivity contribution in [2.75, 3.05) is 16.8 Å².